The summed E-state index contributed by atoms with van der Waals surface area (Å²) in [5.41, 5.74) is -0.0196. The normalized spacial score (nSPS) is 19.6. The van der Waals surface area contributed by atoms with E-state index in [4.69, 9.17) is 0 Å². The van der Waals surface area contributed by atoms with Crippen LogP contribution in [0.2, 0.25) is 0 Å². The van der Waals surface area contributed by atoms with Crippen LogP contribution in [-0.2, 0) is 0 Å². The number of hydrogen-bond donors (Lipinski definition) is 2. The summed E-state index contributed by atoms with van der Waals surface area (Å²) in [7, 11) is 2.18. The fourth-order valence-electron chi connectivity index (χ4n) is 2.43. The van der Waals surface area contributed by atoms with Crippen LogP contribution >= 0.6 is 0 Å². The van der Waals surface area contributed by atoms with Gasteiger partial charge in [0.2, 0.25) is 0 Å². The molecule has 1 fully saturated rings. The third-order valence-corrected chi connectivity index (χ3v) is 3.87. The van der Waals surface area contributed by atoms with E-state index < -0.39 is 0 Å². The Morgan fingerprint density at radius 3 is 2.47 bits per heavy atom. The molecule has 1 atom stereocenters. The van der Waals surface area contributed by atoms with Crippen LogP contribution in [0.1, 0.15) is 52.4 Å². The monoisotopic (exact) mass is 242 g/mol. The van der Waals surface area contributed by atoms with Crippen molar-refractivity contribution in [3.63, 3.8) is 0 Å². The van der Waals surface area contributed by atoms with E-state index in [2.05, 4.69) is 31.1 Å². The Kier molecular flexibility index (Phi) is 6.45. The molecule has 1 saturated carbocycles. The second-order valence-corrected chi connectivity index (χ2v) is 5.62. The number of nitrogens with zero attached hydrogens (tertiary/aromatic N) is 1. The molecular weight excluding hydrogens is 212 g/mol. The van der Waals surface area contributed by atoms with E-state index in [0.29, 0.717) is 6.04 Å². The standard InChI is InChI=1S/C14H30N2O/c1-4-10-16(3)11-6-9-14(5-2,12-17)15-13-7-8-13/h13,15,17H,4-12H2,1-3H3. The first-order valence-corrected chi connectivity index (χ1v) is 7.23. The third-order valence-electron chi connectivity index (χ3n) is 3.87. The van der Waals surface area contributed by atoms with Crippen LogP contribution in [0.4, 0.5) is 0 Å². The molecule has 0 amide bonds. The SMILES string of the molecule is CCCN(C)CCCC(CC)(CO)NC1CC1. The van der Waals surface area contributed by atoms with E-state index in [-0.39, 0.29) is 12.1 Å². The molecule has 0 heterocycles. The Morgan fingerprint density at radius 1 is 1.29 bits per heavy atom. The molecule has 102 valence electrons. The maximum Gasteiger partial charge on any atom is 0.0613 e. The van der Waals surface area contributed by atoms with E-state index in [1.54, 1.807) is 0 Å². The van der Waals surface area contributed by atoms with Gasteiger partial charge in [0.25, 0.3) is 0 Å². The van der Waals surface area contributed by atoms with E-state index in [1.807, 2.05) is 0 Å². The minimum atomic E-state index is -0.0196. The molecule has 3 heteroatoms. The molecule has 17 heavy (non-hydrogen) atoms. The van der Waals surface area contributed by atoms with Crippen LogP contribution in [-0.4, -0.2) is 48.3 Å². The first-order chi connectivity index (χ1) is 8.15. The lowest BCUT2D eigenvalue weighted by Gasteiger charge is -2.33. The van der Waals surface area contributed by atoms with Crippen molar-refractivity contribution in [2.75, 3.05) is 26.7 Å². The Morgan fingerprint density at radius 2 is 2.00 bits per heavy atom. The van der Waals surface area contributed by atoms with E-state index in [0.717, 1.165) is 19.4 Å². The summed E-state index contributed by atoms with van der Waals surface area (Å²) in [6.07, 6.45) is 7.08. The Hall–Kier alpha value is -0.120. The Bertz CT molecular complexity index is 200. The van der Waals surface area contributed by atoms with Gasteiger partial charge >= 0.3 is 0 Å². The largest absolute Gasteiger partial charge is 0.394 e. The highest BCUT2D eigenvalue weighted by molar-refractivity contribution is 4.94. The topological polar surface area (TPSA) is 35.5 Å². The average Bonchev–Trinajstić information content (AvgIpc) is 3.12. The van der Waals surface area contributed by atoms with Gasteiger partial charge in [0.1, 0.15) is 0 Å². The molecule has 1 unspecified atom stereocenters. The second kappa shape index (κ2) is 7.34. The number of aliphatic hydroxyl groups excluding tert-OH is 1. The molecule has 0 saturated heterocycles. The highest BCUT2D eigenvalue weighted by atomic mass is 16.3. The van der Waals surface area contributed by atoms with Crippen LogP contribution in [0.3, 0.4) is 0 Å². The van der Waals surface area contributed by atoms with Crippen LogP contribution in [0.25, 0.3) is 0 Å². The van der Waals surface area contributed by atoms with Gasteiger partial charge in [-0.2, -0.15) is 0 Å². The zero-order valence-electron chi connectivity index (χ0n) is 11.8. The van der Waals surface area contributed by atoms with Crippen molar-refractivity contribution in [2.24, 2.45) is 0 Å². The van der Waals surface area contributed by atoms with Gasteiger partial charge < -0.3 is 15.3 Å². The number of rotatable bonds is 10. The summed E-state index contributed by atoms with van der Waals surface area (Å²) in [5, 5.41) is 13.3. The van der Waals surface area contributed by atoms with Crippen molar-refractivity contribution in [2.45, 2.75) is 64.0 Å². The maximum atomic E-state index is 9.65. The Labute approximate surface area is 107 Å². The summed E-state index contributed by atoms with van der Waals surface area (Å²) >= 11 is 0. The first-order valence-electron chi connectivity index (χ1n) is 7.23. The van der Waals surface area contributed by atoms with Crippen LogP contribution in [0.5, 0.6) is 0 Å². The fourth-order valence-corrected chi connectivity index (χ4v) is 2.43. The highest BCUT2D eigenvalue weighted by Gasteiger charge is 2.33. The molecule has 0 bridgehead atoms. The lowest BCUT2D eigenvalue weighted by atomic mass is 9.91. The predicted molar refractivity (Wildman–Crippen MR) is 73.3 cm³/mol. The maximum absolute atomic E-state index is 9.65. The molecule has 0 aromatic carbocycles. The average molecular weight is 242 g/mol. The molecule has 1 rings (SSSR count). The van der Waals surface area contributed by atoms with E-state index in [1.165, 1.54) is 32.2 Å². The lowest BCUT2D eigenvalue weighted by Crippen LogP contribution is -2.49. The van der Waals surface area contributed by atoms with Gasteiger partial charge in [-0.25, -0.2) is 0 Å². The summed E-state index contributed by atoms with van der Waals surface area (Å²) < 4.78 is 0. The summed E-state index contributed by atoms with van der Waals surface area (Å²) in [4.78, 5) is 2.38. The molecule has 0 spiro atoms. The summed E-state index contributed by atoms with van der Waals surface area (Å²) in [5.74, 6) is 0. The zero-order valence-corrected chi connectivity index (χ0v) is 11.8. The van der Waals surface area contributed by atoms with Gasteiger partial charge in [-0.05, 0) is 58.7 Å². The van der Waals surface area contributed by atoms with Crippen LogP contribution in [0, 0.1) is 0 Å². The lowest BCUT2D eigenvalue weighted by molar-refractivity contribution is 0.138. The highest BCUT2D eigenvalue weighted by Crippen LogP contribution is 2.26. The quantitative estimate of drug-likeness (QED) is 0.615. The zero-order chi connectivity index (χ0) is 12.7. The van der Waals surface area contributed by atoms with Gasteiger partial charge in [0.05, 0.1) is 6.61 Å². The van der Waals surface area contributed by atoms with Crippen LogP contribution in [0.15, 0.2) is 0 Å². The van der Waals surface area contributed by atoms with Gasteiger partial charge in [0, 0.05) is 11.6 Å². The van der Waals surface area contributed by atoms with Gasteiger partial charge in [-0.3, -0.25) is 0 Å². The predicted octanol–water partition coefficient (Wildman–Crippen LogP) is 2.00. The van der Waals surface area contributed by atoms with E-state index in [9.17, 15) is 5.11 Å². The van der Waals surface area contributed by atoms with Gasteiger partial charge in [-0.15, -0.1) is 0 Å². The third kappa shape index (κ3) is 5.36. The summed E-state index contributed by atoms with van der Waals surface area (Å²) in [6.45, 7) is 6.99. The number of hydrogen-bond acceptors (Lipinski definition) is 3. The molecule has 1 aliphatic rings. The van der Waals surface area contributed by atoms with Crippen molar-refractivity contribution >= 4 is 0 Å². The van der Waals surface area contributed by atoms with Crippen LogP contribution < -0.4 is 5.32 Å². The van der Waals surface area contributed by atoms with E-state index >= 15 is 0 Å². The van der Waals surface area contributed by atoms with Crippen molar-refractivity contribution < 1.29 is 5.11 Å². The molecule has 0 aromatic rings. The number of aliphatic hydroxyl groups is 1. The van der Waals surface area contributed by atoms with Crippen molar-refractivity contribution in [3.05, 3.63) is 0 Å². The molecule has 0 radical (unpaired) electrons. The van der Waals surface area contributed by atoms with Crippen molar-refractivity contribution in [1.29, 1.82) is 0 Å². The molecule has 0 aromatic heterocycles. The minimum absolute atomic E-state index is 0.0196. The molecule has 3 nitrogen and oxygen atoms in total. The molecular formula is C14H30N2O. The van der Waals surface area contributed by atoms with Gasteiger partial charge in [0.15, 0.2) is 0 Å². The fraction of sp³-hybridized carbons (Fsp3) is 1.00. The van der Waals surface area contributed by atoms with Gasteiger partial charge in [-0.1, -0.05) is 13.8 Å². The smallest absolute Gasteiger partial charge is 0.0613 e. The number of nitrogens with one attached hydrogen (secondary N) is 1. The van der Waals surface area contributed by atoms with Crippen molar-refractivity contribution in [3.8, 4) is 0 Å². The van der Waals surface area contributed by atoms with Crippen molar-refractivity contribution in [1.82, 2.24) is 10.2 Å². The molecule has 2 N–H and O–H groups in total. The molecule has 0 aliphatic heterocycles. The molecule has 1 aliphatic carbocycles. The first kappa shape index (κ1) is 14.9. The second-order valence-electron chi connectivity index (χ2n) is 5.62. The summed E-state index contributed by atoms with van der Waals surface area (Å²) in [6, 6.07) is 0.676. The Balaban J connectivity index is 2.27. The minimum Gasteiger partial charge on any atom is -0.394 e.